The number of rotatable bonds is 5. The molecule has 0 radical (unpaired) electrons. The highest BCUT2D eigenvalue weighted by molar-refractivity contribution is 6.03. The van der Waals surface area contributed by atoms with E-state index in [4.69, 9.17) is 0 Å². The summed E-state index contributed by atoms with van der Waals surface area (Å²) in [7, 11) is 6.60. The van der Waals surface area contributed by atoms with Crippen LogP contribution in [-0.4, -0.2) is 43.5 Å². The number of Topliss-reactive ketones (excluding diaryl/α,β-unsaturated/α-hetero) is 1. The molecule has 1 amide bonds. The first kappa shape index (κ1) is 26.2. The summed E-state index contributed by atoms with van der Waals surface area (Å²) in [4.78, 5) is 38.9. The number of aromatic nitrogens is 4. The number of ether oxygens (including phenoxy) is 1. The summed E-state index contributed by atoms with van der Waals surface area (Å²) in [6, 6.07) is 12.0. The number of esters is 1. The fourth-order valence-electron chi connectivity index (χ4n) is 3.76. The van der Waals surface area contributed by atoms with Gasteiger partial charge in [0.2, 0.25) is 5.82 Å². The predicted octanol–water partition coefficient (Wildman–Crippen LogP) is 4.31. The zero-order chi connectivity index (χ0) is 26.6. The average molecular weight is 490 g/mol. The van der Waals surface area contributed by atoms with Gasteiger partial charge in [-0.05, 0) is 37.1 Å². The highest BCUT2D eigenvalue weighted by Crippen LogP contribution is 2.22. The monoisotopic (exact) mass is 489 g/mol. The first-order valence-electron chi connectivity index (χ1n) is 11.3. The lowest BCUT2D eigenvalue weighted by molar-refractivity contribution is 0.0582. The molecule has 9 heteroatoms. The summed E-state index contributed by atoms with van der Waals surface area (Å²) >= 11 is 0. The van der Waals surface area contributed by atoms with Crippen molar-refractivity contribution in [2.24, 2.45) is 21.1 Å². The van der Waals surface area contributed by atoms with Crippen LogP contribution < -0.4 is 5.32 Å². The van der Waals surface area contributed by atoms with Crippen LogP contribution in [0.25, 0.3) is 11.1 Å². The van der Waals surface area contributed by atoms with E-state index in [1.165, 1.54) is 23.4 Å². The van der Waals surface area contributed by atoms with Crippen molar-refractivity contribution in [3.8, 4) is 11.1 Å². The molecular weight excluding hydrogens is 458 g/mol. The van der Waals surface area contributed by atoms with Gasteiger partial charge in [0.25, 0.3) is 5.91 Å². The van der Waals surface area contributed by atoms with Gasteiger partial charge in [-0.25, -0.2) is 9.78 Å². The van der Waals surface area contributed by atoms with Crippen molar-refractivity contribution >= 4 is 23.5 Å². The van der Waals surface area contributed by atoms with Gasteiger partial charge in [0, 0.05) is 46.0 Å². The third-order valence-electron chi connectivity index (χ3n) is 5.72. The Morgan fingerprint density at radius 2 is 1.50 bits per heavy atom. The van der Waals surface area contributed by atoms with Crippen LogP contribution in [0.5, 0.6) is 0 Å². The van der Waals surface area contributed by atoms with Gasteiger partial charge in [0.1, 0.15) is 11.5 Å². The molecule has 0 spiro atoms. The van der Waals surface area contributed by atoms with Crippen molar-refractivity contribution < 1.29 is 19.1 Å². The van der Waals surface area contributed by atoms with E-state index in [9.17, 15) is 14.4 Å². The maximum Gasteiger partial charge on any atom is 0.374 e. The Hall–Kier alpha value is -4.40. The molecular formula is C27H31N5O4. The summed E-state index contributed by atoms with van der Waals surface area (Å²) in [5.74, 6) is -0.163. The van der Waals surface area contributed by atoms with Crippen LogP contribution in [0.15, 0.2) is 55.0 Å². The van der Waals surface area contributed by atoms with E-state index in [2.05, 4.69) is 46.2 Å². The van der Waals surface area contributed by atoms with Gasteiger partial charge in [-0.1, -0.05) is 29.8 Å². The van der Waals surface area contributed by atoms with Crippen LogP contribution in [-0.2, 0) is 25.9 Å². The molecule has 1 aromatic carbocycles. The highest BCUT2D eigenvalue weighted by Gasteiger charge is 2.18. The largest absolute Gasteiger partial charge is 0.463 e. The van der Waals surface area contributed by atoms with Crippen LogP contribution in [0.3, 0.4) is 0 Å². The quantitative estimate of drug-likeness (QED) is 0.333. The standard InChI is InChI=1S/C14H15NO.C13H16N4O3/c1-10-4-6-12(7-5-10)13-8-14(11(2)16)15(3)9-13;1-8-5-9(16(2)7-8)12(18)15-10-6-14-11(17(10)3)13(19)20-4/h4-9H,1-3H3;5-7H,1-4H3,(H,15,18). The minimum atomic E-state index is -0.553. The van der Waals surface area contributed by atoms with Crippen molar-refractivity contribution in [3.63, 3.8) is 0 Å². The molecule has 0 saturated heterocycles. The number of nitrogens with one attached hydrogen (secondary N) is 1. The molecule has 0 aliphatic carbocycles. The Labute approximate surface area is 210 Å². The molecule has 36 heavy (non-hydrogen) atoms. The van der Waals surface area contributed by atoms with Crippen LogP contribution in [0.2, 0.25) is 0 Å². The Morgan fingerprint density at radius 3 is 2.03 bits per heavy atom. The number of aryl methyl sites for hydroxylation is 4. The Balaban J connectivity index is 0.000000205. The SMILES string of the molecule is CC(=O)c1cc(-c2ccc(C)cc2)cn1C.COC(=O)c1ncc(NC(=O)c2cc(C)cn2C)n1C. The lowest BCUT2D eigenvalue weighted by atomic mass is 10.1. The van der Waals surface area contributed by atoms with Crippen LogP contribution in [0.4, 0.5) is 5.82 Å². The zero-order valence-corrected chi connectivity index (χ0v) is 21.6. The second kappa shape index (κ2) is 10.9. The number of carbonyl (C=O) groups is 3. The van der Waals surface area contributed by atoms with E-state index in [0.717, 1.165) is 22.4 Å². The van der Waals surface area contributed by atoms with Gasteiger partial charge in [0.05, 0.1) is 19.0 Å². The summed E-state index contributed by atoms with van der Waals surface area (Å²) in [5, 5.41) is 2.71. The number of ketones is 1. The topological polar surface area (TPSA) is 100 Å². The maximum absolute atomic E-state index is 12.2. The van der Waals surface area contributed by atoms with E-state index in [-0.39, 0.29) is 17.5 Å². The molecule has 3 aromatic heterocycles. The number of hydrogen-bond donors (Lipinski definition) is 1. The fourth-order valence-corrected chi connectivity index (χ4v) is 3.76. The van der Waals surface area contributed by atoms with E-state index in [1.807, 2.05) is 37.0 Å². The lowest BCUT2D eigenvalue weighted by Crippen LogP contribution is -2.18. The number of benzene rings is 1. The number of hydrogen-bond acceptors (Lipinski definition) is 5. The third kappa shape index (κ3) is 5.80. The smallest absolute Gasteiger partial charge is 0.374 e. The first-order chi connectivity index (χ1) is 17.0. The molecule has 0 bridgehead atoms. The van der Waals surface area contributed by atoms with Crippen LogP contribution >= 0.6 is 0 Å². The van der Waals surface area contributed by atoms with Crippen molar-refractivity contribution in [2.75, 3.05) is 12.4 Å². The summed E-state index contributed by atoms with van der Waals surface area (Å²) in [5.41, 5.74) is 5.75. The molecule has 4 rings (SSSR count). The molecule has 0 aliphatic heterocycles. The van der Waals surface area contributed by atoms with Crippen LogP contribution in [0.1, 0.15) is 49.6 Å². The van der Waals surface area contributed by atoms with Crippen LogP contribution in [0, 0.1) is 13.8 Å². The number of nitrogens with zero attached hydrogens (tertiary/aromatic N) is 4. The molecule has 0 fully saturated rings. The van der Waals surface area contributed by atoms with Gasteiger partial charge in [-0.3, -0.25) is 9.59 Å². The predicted molar refractivity (Wildman–Crippen MR) is 138 cm³/mol. The molecule has 0 aliphatic rings. The number of imidazole rings is 1. The number of carbonyl (C=O) groups excluding carboxylic acids is 3. The van der Waals surface area contributed by atoms with Crippen molar-refractivity contribution in [1.82, 2.24) is 18.7 Å². The minimum absolute atomic E-state index is 0.0980. The van der Waals surface area contributed by atoms with Gasteiger partial charge >= 0.3 is 5.97 Å². The van der Waals surface area contributed by atoms with Crippen molar-refractivity contribution in [1.29, 1.82) is 0 Å². The van der Waals surface area contributed by atoms with Gasteiger partial charge in [-0.2, -0.15) is 0 Å². The van der Waals surface area contributed by atoms with Gasteiger partial charge in [0.15, 0.2) is 5.78 Å². The number of amides is 1. The number of methoxy groups -OCH3 is 1. The molecule has 0 unspecified atom stereocenters. The average Bonchev–Trinajstić information content (AvgIpc) is 3.50. The first-order valence-corrected chi connectivity index (χ1v) is 11.3. The zero-order valence-electron chi connectivity index (χ0n) is 21.6. The van der Waals surface area contributed by atoms with Gasteiger partial charge < -0.3 is 23.8 Å². The van der Waals surface area contributed by atoms with Crippen molar-refractivity contribution in [2.45, 2.75) is 20.8 Å². The Kier molecular flexibility index (Phi) is 7.93. The summed E-state index contributed by atoms with van der Waals surface area (Å²) in [6.07, 6.45) is 5.26. The number of anilines is 1. The third-order valence-corrected chi connectivity index (χ3v) is 5.72. The van der Waals surface area contributed by atoms with E-state index < -0.39 is 5.97 Å². The Morgan fingerprint density at radius 1 is 0.861 bits per heavy atom. The summed E-state index contributed by atoms with van der Waals surface area (Å²) < 4.78 is 9.69. The van der Waals surface area contributed by atoms with Crippen molar-refractivity contribution in [3.05, 3.63) is 83.3 Å². The normalized spacial score (nSPS) is 10.4. The van der Waals surface area contributed by atoms with E-state index >= 15 is 0 Å². The second-order valence-corrected chi connectivity index (χ2v) is 8.63. The molecule has 9 nitrogen and oxygen atoms in total. The molecule has 3 heterocycles. The molecule has 0 saturated carbocycles. The Bertz CT molecular complexity index is 1410. The molecule has 4 aromatic rings. The fraction of sp³-hybridized carbons (Fsp3) is 0.259. The molecule has 188 valence electrons. The minimum Gasteiger partial charge on any atom is -0.463 e. The molecule has 1 N–H and O–H groups in total. The highest BCUT2D eigenvalue weighted by atomic mass is 16.5. The van der Waals surface area contributed by atoms with E-state index in [0.29, 0.717) is 11.5 Å². The second-order valence-electron chi connectivity index (χ2n) is 8.63. The summed E-state index contributed by atoms with van der Waals surface area (Å²) in [6.45, 7) is 5.57. The lowest BCUT2D eigenvalue weighted by Gasteiger charge is -2.07. The van der Waals surface area contributed by atoms with Gasteiger partial charge in [-0.15, -0.1) is 0 Å². The maximum atomic E-state index is 12.2. The van der Waals surface area contributed by atoms with E-state index in [1.54, 1.807) is 31.7 Å². The molecule has 0 atom stereocenters.